The first-order valence-electron chi connectivity index (χ1n) is 13.9. The second kappa shape index (κ2) is 9.88. The van der Waals surface area contributed by atoms with Crippen LogP contribution < -0.4 is 10.4 Å². The topological polar surface area (TPSA) is 88.5 Å². The Hall–Kier alpha value is -2.82. The van der Waals surface area contributed by atoms with Crippen molar-refractivity contribution in [2.24, 2.45) is 0 Å². The van der Waals surface area contributed by atoms with Gasteiger partial charge in [0.2, 0.25) is 0 Å². The van der Waals surface area contributed by atoms with Crippen molar-refractivity contribution in [2.75, 3.05) is 11.4 Å². The number of carbonyl (C=O) groups is 2. The summed E-state index contributed by atoms with van der Waals surface area (Å²) < 4.78 is 33.9. The molecule has 2 aromatic carbocycles. The van der Waals surface area contributed by atoms with Crippen LogP contribution in [0.4, 0.5) is 19.7 Å². The first-order chi connectivity index (χ1) is 19.0. The molecule has 0 aromatic heterocycles. The highest BCUT2D eigenvalue weighted by atomic mass is 35.5. The van der Waals surface area contributed by atoms with E-state index in [4.69, 9.17) is 25.6 Å². The highest BCUT2D eigenvalue weighted by Gasteiger charge is 2.60. The maximum Gasteiger partial charge on any atom is 0.496 e. The molecule has 2 amide bonds. The normalized spacial score (nSPS) is 25.0. The number of ether oxygens (including phenoxy) is 1. The molecule has 2 saturated heterocycles. The molecule has 2 unspecified atom stereocenters. The Morgan fingerprint density at radius 2 is 1.73 bits per heavy atom. The molecule has 3 heterocycles. The number of halogens is 2. The molecule has 0 bridgehead atoms. The van der Waals surface area contributed by atoms with Crippen molar-refractivity contribution in [3.63, 3.8) is 0 Å². The molecular formula is C30H37BClFN2O6. The zero-order chi connectivity index (χ0) is 30.1. The molecule has 0 spiro atoms. The number of amides is 2. The molecule has 5 rings (SSSR count). The summed E-state index contributed by atoms with van der Waals surface area (Å²) in [6, 6.07) is 9.76. The fourth-order valence-electron chi connectivity index (χ4n) is 6.32. The number of rotatable bonds is 3. The smallest absolute Gasteiger partial charge is 0.465 e. The lowest BCUT2D eigenvalue weighted by molar-refractivity contribution is 0.00578. The van der Waals surface area contributed by atoms with Gasteiger partial charge < -0.3 is 24.1 Å². The van der Waals surface area contributed by atoms with Crippen LogP contribution in [0.5, 0.6) is 0 Å². The van der Waals surface area contributed by atoms with Crippen molar-refractivity contribution in [3.8, 4) is 0 Å². The van der Waals surface area contributed by atoms with E-state index in [9.17, 15) is 14.7 Å². The quantitative estimate of drug-likeness (QED) is 0.437. The molecular weight excluding hydrogens is 550 g/mol. The molecule has 220 valence electrons. The molecule has 11 heteroatoms. The van der Waals surface area contributed by atoms with Gasteiger partial charge in [-0.05, 0) is 78.5 Å². The number of fused-ring (bicyclic) bond motifs is 1. The number of carboxylic acid groups (broad SMARTS) is 1. The summed E-state index contributed by atoms with van der Waals surface area (Å²) in [5.74, 6) is -0.777. The summed E-state index contributed by atoms with van der Waals surface area (Å²) in [6.07, 6.45) is -0.491. The lowest BCUT2D eigenvalue weighted by Crippen LogP contribution is -2.60. The van der Waals surface area contributed by atoms with Gasteiger partial charge in [-0.25, -0.2) is 14.0 Å². The van der Waals surface area contributed by atoms with Crippen molar-refractivity contribution in [3.05, 3.63) is 58.4 Å². The summed E-state index contributed by atoms with van der Waals surface area (Å²) in [4.78, 5) is 29.5. The van der Waals surface area contributed by atoms with Crippen molar-refractivity contribution in [1.82, 2.24) is 4.90 Å². The second-order valence-electron chi connectivity index (χ2n) is 13.1. The lowest BCUT2D eigenvalue weighted by atomic mass is 9.72. The van der Waals surface area contributed by atoms with Gasteiger partial charge in [0.25, 0.3) is 0 Å². The van der Waals surface area contributed by atoms with Gasteiger partial charge in [-0.1, -0.05) is 41.9 Å². The fourth-order valence-corrected chi connectivity index (χ4v) is 6.58. The summed E-state index contributed by atoms with van der Waals surface area (Å²) in [7, 11) is -1.02. The van der Waals surface area contributed by atoms with Gasteiger partial charge in [0.1, 0.15) is 17.0 Å². The molecule has 2 aromatic rings. The van der Waals surface area contributed by atoms with E-state index in [0.29, 0.717) is 30.5 Å². The Morgan fingerprint density at radius 3 is 2.29 bits per heavy atom. The van der Waals surface area contributed by atoms with Crippen LogP contribution in [0.15, 0.2) is 36.4 Å². The van der Waals surface area contributed by atoms with Gasteiger partial charge in [-0.3, -0.25) is 4.90 Å². The number of carbonyl (C=O) groups excluding carboxylic acids is 1. The first kappa shape index (κ1) is 29.7. The fraction of sp³-hybridized carbons (Fsp3) is 0.533. The van der Waals surface area contributed by atoms with E-state index < -0.39 is 53.5 Å². The van der Waals surface area contributed by atoms with E-state index >= 15 is 4.39 Å². The Kier molecular flexibility index (Phi) is 7.15. The van der Waals surface area contributed by atoms with Crippen LogP contribution in [0.2, 0.25) is 5.02 Å². The van der Waals surface area contributed by atoms with Gasteiger partial charge in [-0.15, -0.1) is 0 Å². The number of benzene rings is 2. The molecule has 41 heavy (non-hydrogen) atoms. The predicted molar refractivity (Wildman–Crippen MR) is 155 cm³/mol. The zero-order valence-electron chi connectivity index (χ0n) is 24.6. The van der Waals surface area contributed by atoms with Crippen LogP contribution in [0.1, 0.15) is 72.4 Å². The Morgan fingerprint density at radius 1 is 1.12 bits per heavy atom. The maximum atomic E-state index is 15.6. The highest BCUT2D eigenvalue weighted by Crippen LogP contribution is 2.52. The van der Waals surface area contributed by atoms with Crippen molar-refractivity contribution in [2.45, 2.75) is 96.1 Å². The molecule has 3 aliphatic heterocycles. The summed E-state index contributed by atoms with van der Waals surface area (Å²) in [5.41, 5.74) is -1.89. The molecule has 2 atom stereocenters. The third kappa shape index (κ3) is 4.78. The number of nitrogens with zero attached hydrogens (tertiary/aromatic N) is 2. The summed E-state index contributed by atoms with van der Waals surface area (Å²) in [6.45, 7) is 13.3. The number of hydrogen-bond acceptors (Lipinski definition) is 5. The van der Waals surface area contributed by atoms with E-state index in [2.05, 4.69) is 0 Å². The van der Waals surface area contributed by atoms with Crippen molar-refractivity contribution >= 4 is 42.1 Å². The van der Waals surface area contributed by atoms with E-state index in [1.807, 2.05) is 58.0 Å². The molecule has 2 fully saturated rings. The SMILES string of the molecule is CC(C)(C)OC(=O)N1CCCC1C1(c2ccccc2)Cc2c(cc(F)c(Cl)c2B2OC(C)(C)C(C)(C)O2)N1C(=O)O. The van der Waals surface area contributed by atoms with Crippen LogP contribution in [-0.4, -0.2) is 58.7 Å². The third-order valence-corrected chi connectivity index (χ3v) is 9.20. The van der Waals surface area contributed by atoms with E-state index in [0.717, 1.165) is 6.07 Å². The summed E-state index contributed by atoms with van der Waals surface area (Å²) >= 11 is 6.64. The van der Waals surface area contributed by atoms with Gasteiger partial charge >= 0.3 is 19.3 Å². The van der Waals surface area contributed by atoms with E-state index in [1.165, 1.54) is 4.90 Å². The van der Waals surface area contributed by atoms with Crippen LogP contribution in [0.3, 0.4) is 0 Å². The Balaban J connectivity index is 1.73. The largest absolute Gasteiger partial charge is 0.496 e. The average molecular weight is 587 g/mol. The minimum atomic E-state index is -1.29. The second-order valence-corrected chi connectivity index (χ2v) is 13.5. The van der Waals surface area contributed by atoms with Gasteiger partial charge in [0, 0.05) is 18.4 Å². The Bertz CT molecular complexity index is 1370. The maximum absolute atomic E-state index is 15.6. The average Bonchev–Trinajstić information content (AvgIpc) is 3.52. The molecule has 8 nitrogen and oxygen atoms in total. The number of hydrogen-bond donors (Lipinski definition) is 1. The molecule has 0 aliphatic carbocycles. The molecule has 3 aliphatic rings. The lowest BCUT2D eigenvalue weighted by Gasteiger charge is -2.45. The van der Waals surface area contributed by atoms with Crippen LogP contribution in [0.25, 0.3) is 0 Å². The van der Waals surface area contributed by atoms with Gasteiger partial charge in [-0.2, -0.15) is 0 Å². The van der Waals surface area contributed by atoms with Crippen molar-refractivity contribution < 1.29 is 33.1 Å². The summed E-state index contributed by atoms with van der Waals surface area (Å²) in [5, 5.41) is 10.6. The van der Waals surface area contributed by atoms with E-state index in [1.54, 1.807) is 25.7 Å². The molecule has 1 N–H and O–H groups in total. The minimum absolute atomic E-state index is 0.127. The van der Waals surface area contributed by atoms with Gasteiger partial charge in [0.15, 0.2) is 0 Å². The zero-order valence-corrected chi connectivity index (χ0v) is 25.3. The van der Waals surface area contributed by atoms with Crippen LogP contribution in [-0.2, 0) is 26.0 Å². The monoisotopic (exact) mass is 586 g/mol. The first-order valence-corrected chi connectivity index (χ1v) is 14.3. The van der Waals surface area contributed by atoms with E-state index in [-0.39, 0.29) is 22.6 Å². The van der Waals surface area contributed by atoms with Crippen LogP contribution in [0, 0.1) is 5.82 Å². The predicted octanol–water partition coefficient (Wildman–Crippen LogP) is 6.11. The molecule has 0 saturated carbocycles. The Labute approximate surface area is 245 Å². The number of likely N-dealkylation sites (tertiary alicyclic amines) is 1. The van der Waals surface area contributed by atoms with Crippen molar-refractivity contribution in [1.29, 1.82) is 0 Å². The van der Waals surface area contributed by atoms with Crippen LogP contribution >= 0.6 is 11.6 Å². The molecule has 0 radical (unpaired) electrons. The standard InChI is InChI=1S/C30H37BClFN2O6/c1-27(2,3)39-26(38)34-15-11-14-22(34)30(18-12-9-8-10-13-18)17-19-21(35(30)25(36)37)16-20(33)24(32)23(19)31-40-28(4,5)29(6,7)41-31/h8-10,12-13,16,22H,11,14-15,17H2,1-7H3,(H,36,37). The minimum Gasteiger partial charge on any atom is -0.465 e. The van der Waals surface area contributed by atoms with Gasteiger partial charge in [0.05, 0.1) is 28.0 Å². The highest BCUT2D eigenvalue weighted by molar-refractivity contribution is 6.66. The number of anilines is 1. The third-order valence-electron chi connectivity index (χ3n) is 8.82.